The third kappa shape index (κ3) is 10.1. The largest absolute Gasteiger partial charge is 0.310 e. The molecule has 10 aromatic rings. The van der Waals surface area contributed by atoms with Crippen molar-refractivity contribution in [1.29, 1.82) is 0 Å². The minimum atomic E-state index is -0.808. The van der Waals surface area contributed by atoms with Gasteiger partial charge < -0.3 is 9.80 Å². The maximum atomic E-state index is 6.89. The van der Waals surface area contributed by atoms with Crippen LogP contribution in [0.5, 0.6) is 0 Å². The fourth-order valence-electron chi connectivity index (χ4n) is 11.8. The van der Waals surface area contributed by atoms with Gasteiger partial charge in [-0.3, -0.25) is 0 Å². The van der Waals surface area contributed by atoms with Gasteiger partial charge in [-0.15, -0.1) is 0 Å². The lowest BCUT2D eigenvalue weighted by Crippen LogP contribution is -2.38. The number of halogens is 1. The molecule has 0 amide bonds. The van der Waals surface area contributed by atoms with E-state index in [0.29, 0.717) is 5.02 Å². The molecule has 0 aliphatic carbocycles. The molecule has 10 aromatic carbocycles. The van der Waals surface area contributed by atoms with Gasteiger partial charge in [0.1, 0.15) is 0 Å². The van der Waals surface area contributed by atoms with E-state index in [0.717, 1.165) is 61.9 Å². The molecule has 0 saturated heterocycles. The Hall–Kier alpha value is -7.91. The molecule has 0 radical (unpaired) electrons. The van der Waals surface area contributed by atoms with Crippen LogP contribution < -0.4 is 9.80 Å². The van der Waals surface area contributed by atoms with Gasteiger partial charge >= 0.3 is 0 Å². The van der Waals surface area contributed by atoms with Crippen molar-refractivity contribution in [3.8, 4) is 33.4 Å². The Morgan fingerprint density at radius 2 is 0.762 bits per heavy atom. The minimum Gasteiger partial charge on any atom is -0.310 e. The zero-order valence-electron chi connectivity index (χ0n) is 48.8. The van der Waals surface area contributed by atoms with Crippen molar-refractivity contribution in [3.63, 3.8) is 0 Å². The lowest BCUT2D eigenvalue weighted by molar-refractivity contribution is 0.569. The zero-order chi connectivity index (χ0) is 56.4. The number of benzene rings is 10. The maximum Gasteiger partial charge on any atom is 0.0743 e. The first-order chi connectivity index (χ1) is 38.1. The summed E-state index contributed by atoms with van der Waals surface area (Å²) in [6.45, 7) is 28.0. The highest BCUT2D eigenvalue weighted by Gasteiger charge is 2.47. The molecule has 0 unspecified atom stereocenters. The molecule has 1 aliphatic heterocycles. The summed E-state index contributed by atoms with van der Waals surface area (Å²) in [6.07, 6.45) is 0. The fraction of sp³-hybridized carbons (Fsp3) is 0.221. The highest BCUT2D eigenvalue weighted by molar-refractivity contribution is 6.30. The fourth-order valence-corrected chi connectivity index (χ4v) is 12.0. The van der Waals surface area contributed by atoms with E-state index in [1.165, 1.54) is 50.1 Å². The van der Waals surface area contributed by atoms with Gasteiger partial charge in [-0.2, -0.15) is 0 Å². The second-order valence-electron chi connectivity index (χ2n) is 26.1. The summed E-state index contributed by atoms with van der Waals surface area (Å²) in [7, 11) is 0. The number of hydrogen-bond donors (Lipinski definition) is 0. The number of para-hydroxylation sites is 3. The smallest absolute Gasteiger partial charge is 0.0743 e. The second kappa shape index (κ2) is 20.6. The Balaban J connectivity index is 1.28. The van der Waals surface area contributed by atoms with Crippen LogP contribution in [0.4, 0.5) is 34.1 Å². The molecule has 0 bridgehead atoms. The average Bonchev–Trinajstić information content (AvgIpc) is 3.51. The number of rotatable bonds is 9. The molecule has 400 valence electrons. The van der Waals surface area contributed by atoms with Gasteiger partial charge in [0.05, 0.1) is 22.5 Å². The van der Waals surface area contributed by atoms with Crippen LogP contribution in [0, 0.1) is 0 Å². The molecule has 80 heavy (non-hydrogen) atoms. The van der Waals surface area contributed by atoms with Gasteiger partial charge in [-0.25, -0.2) is 0 Å². The van der Waals surface area contributed by atoms with E-state index in [4.69, 9.17) is 11.6 Å². The molecular weight excluding hydrogens is 988 g/mol. The third-order valence-electron chi connectivity index (χ3n) is 16.4. The average molecular weight is 1060 g/mol. The molecule has 11 rings (SSSR count). The molecule has 3 heteroatoms. The molecule has 0 fully saturated rings. The van der Waals surface area contributed by atoms with Gasteiger partial charge in [0, 0.05) is 33.2 Å². The SMILES string of the molecule is CC(C)(C)c1cc(-c2ccc(N(c3cc(C(C)(C)C)cc(C4(c5ccc(Cl)cc5)c5ccccc5N(c5ccccc5)c5ccccc54)c3)c3c(-c4ccccc4)cc(C(C)(C)C)cc3-c3ccccc3)cc2)cc(C(C)(C)C)c1. The predicted octanol–water partition coefficient (Wildman–Crippen LogP) is 22.2. The van der Waals surface area contributed by atoms with Crippen molar-refractivity contribution in [3.05, 3.63) is 286 Å². The van der Waals surface area contributed by atoms with Crippen molar-refractivity contribution >= 4 is 45.7 Å². The van der Waals surface area contributed by atoms with Crippen LogP contribution in [0.3, 0.4) is 0 Å². The van der Waals surface area contributed by atoms with E-state index in [9.17, 15) is 0 Å². The van der Waals surface area contributed by atoms with Crippen molar-refractivity contribution < 1.29 is 0 Å². The molecular formula is C77H75ClN2. The van der Waals surface area contributed by atoms with Crippen LogP contribution in [0.15, 0.2) is 237 Å². The lowest BCUT2D eigenvalue weighted by Gasteiger charge is -2.47. The monoisotopic (exact) mass is 1060 g/mol. The predicted molar refractivity (Wildman–Crippen MR) is 344 cm³/mol. The Bertz CT molecular complexity index is 3710. The van der Waals surface area contributed by atoms with Gasteiger partial charge in [-0.1, -0.05) is 258 Å². The first kappa shape index (κ1) is 54.1. The molecule has 0 spiro atoms. The molecule has 2 nitrogen and oxygen atoms in total. The van der Waals surface area contributed by atoms with E-state index >= 15 is 0 Å². The standard InChI is InChI=1S/C77H75ClN2/c1-73(2,3)57-44-55(45-58(46-57)74(4,5)6)52-36-42-64(43-37-52)79(72-66(53-26-16-13-17-27-53)50-60(76(10,11)12)51-67(72)54-28-18-14-19-29-54)65-48-59(75(7,8)9)47-61(49-65)77(56-38-40-62(78)41-39-56)68-32-22-24-34-70(68)80(63-30-20-15-21-31-63)71-35-25-23-33-69(71)77/h13-51H,1-12H3. The van der Waals surface area contributed by atoms with Crippen molar-refractivity contribution in [2.45, 2.75) is 110 Å². The number of hydrogen-bond acceptors (Lipinski definition) is 2. The molecule has 0 saturated carbocycles. The van der Waals surface area contributed by atoms with E-state index in [1.807, 2.05) is 0 Å². The molecule has 1 heterocycles. The number of nitrogens with zero attached hydrogens (tertiary/aromatic N) is 2. The summed E-state index contributed by atoms with van der Waals surface area (Å²) in [5, 5.41) is 0.700. The van der Waals surface area contributed by atoms with Gasteiger partial charge in [0.25, 0.3) is 0 Å². The Labute approximate surface area is 482 Å². The van der Waals surface area contributed by atoms with Crippen LogP contribution in [-0.2, 0) is 27.1 Å². The van der Waals surface area contributed by atoms with Crippen LogP contribution >= 0.6 is 11.6 Å². The summed E-state index contributed by atoms with van der Waals surface area (Å²) in [4.78, 5) is 5.02. The summed E-state index contributed by atoms with van der Waals surface area (Å²) >= 11 is 6.89. The molecule has 0 aromatic heterocycles. The quantitative estimate of drug-likeness (QED) is 0.142. The Kier molecular flexibility index (Phi) is 13.9. The molecule has 1 aliphatic rings. The first-order valence-electron chi connectivity index (χ1n) is 28.4. The lowest BCUT2D eigenvalue weighted by atomic mass is 9.61. The van der Waals surface area contributed by atoms with Crippen LogP contribution in [0.25, 0.3) is 33.4 Å². The summed E-state index contributed by atoms with van der Waals surface area (Å²) in [6, 6.07) is 88.5. The summed E-state index contributed by atoms with van der Waals surface area (Å²) in [5.74, 6) is 0. The summed E-state index contributed by atoms with van der Waals surface area (Å²) in [5.41, 5.74) is 22.2. The van der Waals surface area contributed by atoms with Crippen molar-refractivity contribution in [1.82, 2.24) is 0 Å². The zero-order valence-corrected chi connectivity index (χ0v) is 49.5. The third-order valence-corrected chi connectivity index (χ3v) is 16.6. The first-order valence-corrected chi connectivity index (χ1v) is 28.8. The highest BCUT2D eigenvalue weighted by Crippen LogP contribution is 2.59. The Morgan fingerprint density at radius 3 is 1.24 bits per heavy atom. The summed E-state index contributed by atoms with van der Waals surface area (Å²) < 4.78 is 0. The van der Waals surface area contributed by atoms with Crippen molar-refractivity contribution in [2.24, 2.45) is 0 Å². The number of fused-ring (bicyclic) bond motifs is 2. The highest BCUT2D eigenvalue weighted by atomic mass is 35.5. The van der Waals surface area contributed by atoms with E-state index in [-0.39, 0.29) is 21.7 Å². The minimum absolute atomic E-state index is 0.0218. The molecule has 0 atom stereocenters. The number of anilines is 6. The second-order valence-corrected chi connectivity index (χ2v) is 26.5. The van der Waals surface area contributed by atoms with Gasteiger partial charge in [0.2, 0.25) is 0 Å². The van der Waals surface area contributed by atoms with E-state index in [2.05, 4.69) is 329 Å². The van der Waals surface area contributed by atoms with Crippen LogP contribution in [-0.4, -0.2) is 0 Å². The van der Waals surface area contributed by atoms with Crippen LogP contribution in [0.2, 0.25) is 5.02 Å². The van der Waals surface area contributed by atoms with Crippen LogP contribution in [0.1, 0.15) is 128 Å². The Morgan fingerprint density at radius 1 is 0.338 bits per heavy atom. The van der Waals surface area contributed by atoms with Gasteiger partial charge in [0.15, 0.2) is 0 Å². The van der Waals surface area contributed by atoms with E-state index in [1.54, 1.807) is 0 Å². The topological polar surface area (TPSA) is 6.48 Å². The maximum absolute atomic E-state index is 6.89. The molecule has 0 N–H and O–H groups in total. The van der Waals surface area contributed by atoms with Gasteiger partial charge in [-0.05, 0) is 161 Å². The normalized spacial score (nSPS) is 13.4. The van der Waals surface area contributed by atoms with Crippen molar-refractivity contribution in [2.75, 3.05) is 9.80 Å². The van der Waals surface area contributed by atoms with E-state index < -0.39 is 5.41 Å².